The second-order valence-electron chi connectivity index (χ2n) is 12.2. The van der Waals surface area contributed by atoms with Crippen molar-refractivity contribution >= 4 is 17.5 Å². The van der Waals surface area contributed by atoms with Crippen molar-refractivity contribution in [2.24, 2.45) is 17.8 Å². The average Bonchev–Trinajstić information content (AvgIpc) is 3.46. The number of likely N-dealkylation sites (tertiary alicyclic amines) is 1. The molecule has 0 spiro atoms. The highest BCUT2D eigenvalue weighted by molar-refractivity contribution is 5.95. The summed E-state index contributed by atoms with van der Waals surface area (Å²) in [7, 11) is 0. The highest BCUT2D eigenvalue weighted by atomic mass is 16.2. The maximum absolute atomic E-state index is 14.5. The van der Waals surface area contributed by atoms with Gasteiger partial charge in [-0.25, -0.2) is 0 Å². The van der Waals surface area contributed by atoms with E-state index in [1.807, 2.05) is 30.3 Å². The number of fused-ring (bicyclic) bond motifs is 3. The summed E-state index contributed by atoms with van der Waals surface area (Å²) in [5.41, 5.74) is 4.50. The molecule has 1 saturated carbocycles. The van der Waals surface area contributed by atoms with E-state index in [-0.39, 0.29) is 29.8 Å². The zero-order chi connectivity index (χ0) is 27.5. The van der Waals surface area contributed by atoms with E-state index < -0.39 is 0 Å². The molecule has 0 bridgehead atoms. The summed E-state index contributed by atoms with van der Waals surface area (Å²) in [5, 5.41) is 7.19. The molecule has 2 aromatic rings. The van der Waals surface area contributed by atoms with Crippen LogP contribution < -0.4 is 10.6 Å². The lowest BCUT2D eigenvalue weighted by molar-refractivity contribution is -0.139. The Balaban J connectivity index is 1.29. The Kier molecular flexibility index (Phi) is 8.08. The number of amides is 2. The molecule has 2 aliphatic carbocycles. The number of nitrogens with one attached hydrogen (secondary N) is 2. The molecule has 2 aliphatic heterocycles. The van der Waals surface area contributed by atoms with Gasteiger partial charge in [-0.15, -0.1) is 0 Å². The van der Waals surface area contributed by atoms with Crippen LogP contribution in [0.15, 0.2) is 72.8 Å². The second kappa shape index (κ2) is 12.0. The molecule has 6 rings (SSSR count). The van der Waals surface area contributed by atoms with Crippen LogP contribution in [0.25, 0.3) is 0 Å². The van der Waals surface area contributed by atoms with Crippen LogP contribution in [0, 0.1) is 17.8 Å². The van der Waals surface area contributed by atoms with Crippen LogP contribution in [0.5, 0.6) is 0 Å². The van der Waals surface area contributed by atoms with E-state index in [1.54, 1.807) is 0 Å². The monoisotopic (exact) mass is 537 g/mol. The fourth-order valence-electron chi connectivity index (χ4n) is 7.59. The first-order valence-electron chi connectivity index (χ1n) is 15.5. The van der Waals surface area contributed by atoms with Crippen molar-refractivity contribution in [3.05, 3.63) is 89.5 Å². The van der Waals surface area contributed by atoms with Gasteiger partial charge in [0.1, 0.15) is 0 Å². The van der Waals surface area contributed by atoms with Crippen LogP contribution in [0.3, 0.4) is 0 Å². The van der Waals surface area contributed by atoms with Gasteiger partial charge in [0.15, 0.2) is 0 Å². The molecule has 2 aromatic carbocycles. The Morgan fingerprint density at radius 2 is 1.88 bits per heavy atom. The summed E-state index contributed by atoms with van der Waals surface area (Å²) in [6, 6.07) is 16.6. The lowest BCUT2D eigenvalue weighted by Crippen LogP contribution is -2.51. The van der Waals surface area contributed by atoms with Crippen molar-refractivity contribution in [2.45, 2.75) is 82.8 Å². The van der Waals surface area contributed by atoms with E-state index >= 15 is 0 Å². The zero-order valence-corrected chi connectivity index (χ0v) is 23.7. The predicted molar refractivity (Wildman–Crippen MR) is 161 cm³/mol. The van der Waals surface area contributed by atoms with Crippen LogP contribution >= 0.6 is 0 Å². The van der Waals surface area contributed by atoms with E-state index in [4.69, 9.17) is 0 Å². The van der Waals surface area contributed by atoms with Gasteiger partial charge in [-0.3, -0.25) is 9.59 Å². The SMILES string of the molecule is CCCCc1ccc2c(c1)[C@H]1[C@H](CCN1C(=O)[C@H]1CCCC[C@H]1NC(=O)c1ccccc1)[C@H](C1C=CC=CC1)N2. The number of hydrogen-bond acceptors (Lipinski definition) is 3. The number of unbranched alkanes of at least 4 members (excludes halogenated alkanes) is 1. The van der Waals surface area contributed by atoms with Crippen LogP contribution in [0.4, 0.5) is 5.69 Å². The first-order chi connectivity index (χ1) is 19.6. The lowest BCUT2D eigenvalue weighted by Gasteiger charge is -2.44. The fraction of sp³-hybridized carbons (Fsp3) is 0.486. The largest absolute Gasteiger partial charge is 0.381 e. The number of nitrogens with zero attached hydrogens (tertiary/aromatic N) is 1. The molecule has 2 fully saturated rings. The smallest absolute Gasteiger partial charge is 0.251 e. The summed E-state index contributed by atoms with van der Waals surface area (Å²) in [6.45, 7) is 3.02. The van der Waals surface area contributed by atoms with Crippen molar-refractivity contribution < 1.29 is 9.59 Å². The Hall–Kier alpha value is -3.34. The van der Waals surface area contributed by atoms with E-state index in [1.165, 1.54) is 29.7 Å². The minimum Gasteiger partial charge on any atom is -0.381 e. The third-order valence-electron chi connectivity index (χ3n) is 9.68. The molecule has 2 amide bonds. The molecule has 0 radical (unpaired) electrons. The Morgan fingerprint density at radius 3 is 2.67 bits per heavy atom. The summed E-state index contributed by atoms with van der Waals surface area (Å²) in [4.78, 5) is 29.8. The topological polar surface area (TPSA) is 61.4 Å². The van der Waals surface area contributed by atoms with Gasteiger partial charge in [-0.1, -0.05) is 80.8 Å². The van der Waals surface area contributed by atoms with Crippen LogP contribution in [-0.2, 0) is 11.2 Å². The van der Waals surface area contributed by atoms with Gasteiger partial charge in [0.25, 0.3) is 5.91 Å². The van der Waals surface area contributed by atoms with E-state index in [9.17, 15) is 9.59 Å². The molecule has 1 unspecified atom stereocenters. The normalized spacial score (nSPS) is 28.9. The van der Waals surface area contributed by atoms with Gasteiger partial charge in [0.2, 0.25) is 5.91 Å². The van der Waals surface area contributed by atoms with Crippen LogP contribution in [0.1, 0.15) is 85.8 Å². The van der Waals surface area contributed by atoms with Crippen molar-refractivity contribution in [1.82, 2.24) is 10.2 Å². The van der Waals surface area contributed by atoms with Crippen molar-refractivity contribution in [2.75, 3.05) is 11.9 Å². The molecule has 0 aromatic heterocycles. The minimum absolute atomic E-state index is 0.0745. The molecular weight excluding hydrogens is 494 g/mol. The maximum atomic E-state index is 14.5. The number of rotatable bonds is 7. The average molecular weight is 538 g/mol. The zero-order valence-electron chi connectivity index (χ0n) is 23.7. The van der Waals surface area contributed by atoms with E-state index in [2.05, 4.69) is 65.0 Å². The van der Waals surface area contributed by atoms with Gasteiger partial charge in [-0.2, -0.15) is 0 Å². The highest BCUT2D eigenvalue weighted by Crippen LogP contribution is 2.50. The molecule has 210 valence electrons. The van der Waals surface area contributed by atoms with Crippen molar-refractivity contribution in [3.8, 4) is 0 Å². The number of aryl methyl sites for hydroxylation is 1. The third kappa shape index (κ3) is 5.35. The van der Waals surface area contributed by atoms with E-state index in [0.717, 1.165) is 51.5 Å². The van der Waals surface area contributed by atoms with Crippen molar-refractivity contribution in [1.29, 1.82) is 0 Å². The predicted octanol–water partition coefficient (Wildman–Crippen LogP) is 6.83. The summed E-state index contributed by atoms with van der Waals surface area (Å²) >= 11 is 0. The molecule has 1 saturated heterocycles. The molecule has 2 N–H and O–H groups in total. The molecule has 4 aliphatic rings. The molecule has 2 heterocycles. The number of carbonyl (C=O) groups excluding carboxylic acids is 2. The van der Waals surface area contributed by atoms with Gasteiger partial charge in [0, 0.05) is 41.7 Å². The Morgan fingerprint density at radius 1 is 1.02 bits per heavy atom. The standard InChI is InChI=1S/C35H43N3O2/c1-2-3-12-24-19-20-31-29(23-24)33-28(32(36-31)25-13-6-4-7-14-25)21-22-38(33)35(40)27-17-10-11-18-30(27)37-34(39)26-15-8-5-9-16-26/h4-9,13,15-16,19-20,23,25,27-28,30,32-33,36H,2-3,10-12,14,17-18,21-22H2,1H3,(H,37,39)/t25?,27-,28+,30+,32-,33+/m0/s1. The molecule has 6 atom stereocenters. The van der Waals surface area contributed by atoms with Crippen LogP contribution in [0.2, 0.25) is 0 Å². The van der Waals surface area contributed by atoms with Crippen molar-refractivity contribution in [3.63, 3.8) is 0 Å². The fourth-order valence-corrected chi connectivity index (χ4v) is 7.59. The first kappa shape index (κ1) is 26.9. The molecular formula is C35H43N3O2. The van der Waals surface area contributed by atoms with Gasteiger partial charge < -0.3 is 15.5 Å². The quantitative estimate of drug-likeness (QED) is 0.407. The Labute approximate surface area is 239 Å². The Bertz CT molecular complexity index is 1270. The van der Waals surface area contributed by atoms with Crippen LogP contribution in [-0.4, -0.2) is 35.3 Å². The summed E-state index contributed by atoms with van der Waals surface area (Å²) < 4.78 is 0. The van der Waals surface area contributed by atoms with E-state index in [0.29, 0.717) is 23.4 Å². The highest BCUT2D eigenvalue weighted by Gasteiger charge is 2.49. The number of allylic oxidation sites excluding steroid dienone is 3. The number of anilines is 1. The number of carbonyl (C=O) groups is 2. The molecule has 5 heteroatoms. The molecule has 5 nitrogen and oxygen atoms in total. The maximum Gasteiger partial charge on any atom is 0.251 e. The molecule has 40 heavy (non-hydrogen) atoms. The number of hydrogen-bond donors (Lipinski definition) is 2. The van der Waals surface area contributed by atoms with Gasteiger partial charge in [-0.05, 0) is 67.9 Å². The second-order valence-corrected chi connectivity index (χ2v) is 12.2. The lowest BCUT2D eigenvalue weighted by atomic mass is 9.75. The summed E-state index contributed by atoms with van der Waals surface area (Å²) in [6.07, 6.45) is 18.2. The van der Waals surface area contributed by atoms with Gasteiger partial charge >= 0.3 is 0 Å². The van der Waals surface area contributed by atoms with Gasteiger partial charge in [0.05, 0.1) is 12.0 Å². The first-order valence-corrected chi connectivity index (χ1v) is 15.5. The minimum atomic E-state index is -0.169. The third-order valence-corrected chi connectivity index (χ3v) is 9.68. The summed E-state index contributed by atoms with van der Waals surface area (Å²) in [5.74, 6) is 0.788. The number of benzene rings is 2.